The quantitative estimate of drug-likeness (QED) is 0.568. The topological polar surface area (TPSA) is 26.0 Å². The molecule has 1 nitrogen and oxygen atoms in total. The van der Waals surface area contributed by atoms with E-state index < -0.39 is 0 Å². The number of unbranched alkanes of at least 4 members (excludes halogenated alkanes) is 1. The summed E-state index contributed by atoms with van der Waals surface area (Å²) < 4.78 is 0. The summed E-state index contributed by atoms with van der Waals surface area (Å²) in [5, 5.41) is 0. The smallest absolute Gasteiger partial charge is 0.0223 e. The van der Waals surface area contributed by atoms with Crippen molar-refractivity contribution in [3.8, 4) is 0 Å². The van der Waals surface area contributed by atoms with Crippen LogP contribution < -0.4 is 5.73 Å². The molecule has 0 radical (unpaired) electrons. The van der Waals surface area contributed by atoms with Gasteiger partial charge < -0.3 is 5.73 Å². The summed E-state index contributed by atoms with van der Waals surface area (Å²) in [6, 6.07) is 10.7. The maximum absolute atomic E-state index is 6.00. The van der Waals surface area contributed by atoms with Crippen LogP contribution in [0.5, 0.6) is 0 Å². The van der Waals surface area contributed by atoms with Crippen LogP contribution >= 0.6 is 11.6 Å². The van der Waals surface area contributed by atoms with Gasteiger partial charge in [0.05, 0.1) is 0 Å². The minimum Gasteiger partial charge on any atom is -0.327 e. The van der Waals surface area contributed by atoms with E-state index in [-0.39, 0.29) is 6.04 Å². The van der Waals surface area contributed by atoms with Crippen LogP contribution in [0.1, 0.15) is 24.8 Å². The number of hydrogen-bond acceptors (Lipinski definition) is 1. The van der Waals surface area contributed by atoms with Gasteiger partial charge in [0.15, 0.2) is 0 Å². The highest BCUT2D eigenvalue weighted by atomic mass is 35.5. The number of rotatable bonds is 6. The van der Waals surface area contributed by atoms with Crippen LogP contribution in [0.25, 0.3) is 0 Å². The molecule has 0 aliphatic rings. The van der Waals surface area contributed by atoms with Gasteiger partial charge in [-0.3, -0.25) is 0 Å². The summed E-state index contributed by atoms with van der Waals surface area (Å²) in [5.41, 5.74) is 7.33. The molecule has 0 saturated heterocycles. The van der Waals surface area contributed by atoms with Crippen LogP contribution in [0.2, 0.25) is 0 Å². The van der Waals surface area contributed by atoms with E-state index in [1.807, 2.05) is 6.07 Å². The Kier molecular flexibility index (Phi) is 5.65. The fraction of sp³-hybridized carbons (Fsp3) is 0.500. The number of halogens is 1. The Morgan fingerprint density at radius 3 is 2.50 bits per heavy atom. The average molecular weight is 212 g/mol. The lowest BCUT2D eigenvalue weighted by Crippen LogP contribution is -2.22. The van der Waals surface area contributed by atoms with Gasteiger partial charge in [-0.15, -0.1) is 11.6 Å². The largest absolute Gasteiger partial charge is 0.327 e. The molecule has 0 aliphatic heterocycles. The second-order valence-electron chi connectivity index (χ2n) is 3.63. The molecule has 78 valence electrons. The van der Waals surface area contributed by atoms with Gasteiger partial charge in [0.25, 0.3) is 0 Å². The van der Waals surface area contributed by atoms with E-state index in [9.17, 15) is 0 Å². The second-order valence-corrected chi connectivity index (χ2v) is 4.01. The van der Waals surface area contributed by atoms with E-state index in [0.717, 1.165) is 31.6 Å². The molecule has 14 heavy (non-hydrogen) atoms. The van der Waals surface area contributed by atoms with Gasteiger partial charge in [-0.2, -0.15) is 0 Å². The first-order chi connectivity index (χ1) is 6.83. The van der Waals surface area contributed by atoms with Gasteiger partial charge in [-0.1, -0.05) is 36.8 Å². The SMILES string of the molecule is NC(CCCCCl)Cc1ccccc1. The molecule has 1 unspecified atom stereocenters. The fourth-order valence-corrected chi connectivity index (χ4v) is 1.71. The first kappa shape index (κ1) is 11.5. The van der Waals surface area contributed by atoms with Crippen LogP contribution in [0, 0.1) is 0 Å². The third-order valence-corrected chi connectivity index (χ3v) is 2.57. The van der Waals surface area contributed by atoms with E-state index in [4.69, 9.17) is 17.3 Å². The minimum absolute atomic E-state index is 0.278. The molecule has 0 fully saturated rings. The summed E-state index contributed by atoms with van der Waals surface area (Å²) in [4.78, 5) is 0. The first-order valence-electron chi connectivity index (χ1n) is 5.18. The molecule has 1 aromatic carbocycles. The lowest BCUT2D eigenvalue weighted by molar-refractivity contribution is 0.575. The molecule has 2 heteroatoms. The summed E-state index contributed by atoms with van der Waals surface area (Å²) in [7, 11) is 0. The first-order valence-corrected chi connectivity index (χ1v) is 5.72. The van der Waals surface area contributed by atoms with Crippen molar-refractivity contribution < 1.29 is 0 Å². The number of nitrogens with two attached hydrogens (primary N) is 1. The predicted octanol–water partition coefficient (Wildman–Crippen LogP) is 2.97. The van der Waals surface area contributed by atoms with Gasteiger partial charge >= 0.3 is 0 Å². The molecule has 0 aromatic heterocycles. The molecule has 0 heterocycles. The molecule has 0 aliphatic carbocycles. The number of hydrogen-bond donors (Lipinski definition) is 1. The lowest BCUT2D eigenvalue weighted by atomic mass is 10.0. The predicted molar refractivity (Wildman–Crippen MR) is 62.7 cm³/mol. The summed E-state index contributed by atoms with van der Waals surface area (Å²) in [6.45, 7) is 0. The Morgan fingerprint density at radius 1 is 1.14 bits per heavy atom. The van der Waals surface area contributed by atoms with E-state index >= 15 is 0 Å². The molecular weight excluding hydrogens is 194 g/mol. The van der Waals surface area contributed by atoms with Crippen molar-refractivity contribution in [2.45, 2.75) is 31.7 Å². The highest BCUT2D eigenvalue weighted by Gasteiger charge is 2.02. The van der Waals surface area contributed by atoms with E-state index in [2.05, 4.69) is 24.3 Å². The Hall–Kier alpha value is -0.530. The molecule has 0 saturated carbocycles. The van der Waals surface area contributed by atoms with Crippen LogP contribution in [0.4, 0.5) is 0 Å². The number of benzene rings is 1. The average Bonchev–Trinajstić information content (AvgIpc) is 2.20. The fourth-order valence-electron chi connectivity index (χ4n) is 1.52. The standard InChI is InChI=1S/C12H18ClN/c13-9-5-4-8-12(14)10-11-6-2-1-3-7-11/h1-3,6-7,12H,4-5,8-10,14H2. The zero-order chi connectivity index (χ0) is 10.2. The van der Waals surface area contributed by atoms with Gasteiger partial charge in [-0.05, 0) is 24.8 Å². The maximum atomic E-state index is 6.00. The van der Waals surface area contributed by atoms with Crippen molar-refractivity contribution in [1.29, 1.82) is 0 Å². The van der Waals surface area contributed by atoms with Crippen molar-refractivity contribution in [2.24, 2.45) is 5.73 Å². The summed E-state index contributed by atoms with van der Waals surface area (Å²) in [6.07, 6.45) is 4.26. The Labute approximate surface area is 91.3 Å². The van der Waals surface area contributed by atoms with Crippen LogP contribution in [0.15, 0.2) is 30.3 Å². The third-order valence-electron chi connectivity index (χ3n) is 2.30. The molecule has 1 atom stereocenters. The van der Waals surface area contributed by atoms with Gasteiger partial charge in [0, 0.05) is 11.9 Å². The van der Waals surface area contributed by atoms with Crippen LogP contribution in [-0.2, 0) is 6.42 Å². The molecular formula is C12H18ClN. The minimum atomic E-state index is 0.278. The van der Waals surface area contributed by atoms with Crippen LogP contribution in [-0.4, -0.2) is 11.9 Å². The lowest BCUT2D eigenvalue weighted by Gasteiger charge is -2.10. The normalized spacial score (nSPS) is 12.7. The van der Waals surface area contributed by atoms with Gasteiger partial charge in [0.2, 0.25) is 0 Å². The van der Waals surface area contributed by atoms with Gasteiger partial charge in [0.1, 0.15) is 0 Å². The molecule has 1 aromatic rings. The highest BCUT2D eigenvalue weighted by Crippen LogP contribution is 2.07. The Morgan fingerprint density at radius 2 is 1.86 bits per heavy atom. The third kappa shape index (κ3) is 4.64. The maximum Gasteiger partial charge on any atom is 0.0223 e. The Bertz CT molecular complexity index is 235. The zero-order valence-electron chi connectivity index (χ0n) is 8.45. The summed E-state index contributed by atoms with van der Waals surface area (Å²) in [5.74, 6) is 0.748. The molecule has 1 rings (SSSR count). The molecule has 0 bridgehead atoms. The number of alkyl halides is 1. The van der Waals surface area contributed by atoms with Crippen molar-refractivity contribution in [1.82, 2.24) is 0 Å². The van der Waals surface area contributed by atoms with E-state index in [0.29, 0.717) is 0 Å². The monoisotopic (exact) mass is 211 g/mol. The zero-order valence-corrected chi connectivity index (χ0v) is 9.21. The van der Waals surface area contributed by atoms with Crippen LogP contribution in [0.3, 0.4) is 0 Å². The highest BCUT2D eigenvalue weighted by molar-refractivity contribution is 6.17. The van der Waals surface area contributed by atoms with Crippen molar-refractivity contribution in [3.05, 3.63) is 35.9 Å². The summed E-state index contributed by atoms with van der Waals surface area (Å²) >= 11 is 5.60. The molecule has 0 amide bonds. The van der Waals surface area contributed by atoms with Crippen molar-refractivity contribution >= 4 is 11.6 Å². The van der Waals surface area contributed by atoms with Crippen molar-refractivity contribution in [2.75, 3.05) is 5.88 Å². The Balaban J connectivity index is 2.23. The second kappa shape index (κ2) is 6.86. The molecule has 0 spiro atoms. The molecule has 2 N–H and O–H groups in total. The van der Waals surface area contributed by atoms with E-state index in [1.165, 1.54) is 5.56 Å². The van der Waals surface area contributed by atoms with Gasteiger partial charge in [-0.25, -0.2) is 0 Å². The van der Waals surface area contributed by atoms with E-state index in [1.54, 1.807) is 0 Å². The van der Waals surface area contributed by atoms with Crippen molar-refractivity contribution in [3.63, 3.8) is 0 Å².